The first kappa shape index (κ1) is 13.6. The van der Waals surface area contributed by atoms with Crippen molar-refractivity contribution >= 4 is 49.1 Å². The van der Waals surface area contributed by atoms with Gasteiger partial charge < -0.3 is 4.90 Å². The second kappa shape index (κ2) is 5.41. The summed E-state index contributed by atoms with van der Waals surface area (Å²) >= 11 is 8.36. The minimum Gasteiger partial charge on any atom is -0.337 e. The van der Waals surface area contributed by atoms with E-state index < -0.39 is 0 Å². The van der Waals surface area contributed by atoms with Crippen LogP contribution >= 0.6 is 43.2 Å². The predicted molar refractivity (Wildman–Crippen MR) is 78.6 cm³/mol. The largest absolute Gasteiger partial charge is 0.337 e. The van der Waals surface area contributed by atoms with Crippen LogP contribution in [-0.4, -0.2) is 23.9 Å². The predicted octanol–water partition coefficient (Wildman–Crippen LogP) is 4.39. The average molecular weight is 381 g/mol. The number of thiophene rings is 1. The molecule has 94 valence electrons. The number of likely N-dealkylation sites (tertiary alicyclic amines) is 1. The van der Waals surface area contributed by atoms with Gasteiger partial charge in [-0.2, -0.15) is 0 Å². The molecule has 2 heterocycles. The summed E-state index contributed by atoms with van der Waals surface area (Å²) in [5.41, 5.74) is 0. The topological polar surface area (TPSA) is 20.3 Å². The Kier molecular flexibility index (Phi) is 4.31. The van der Waals surface area contributed by atoms with Crippen LogP contribution in [0, 0.1) is 11.8 Å². The van der Waals surface area contributed by atoms with Gasteiger partial charge >= 0.3 is 0 Å². The Balaban J connectivity index is 2.14. The van der Waals surface area contributed by atoms with Crippen LogP contribution < -0.4 is 0 Å². The lowest BCUT2D eigenvalue weighted by atomic mass is 9.92. The maximum absolute atomic E-state index is 12.4. The van der Waals surface area contributed by atoms with Crippen LogP contribution in [0.3, 0.4) is 0 Å². The molecule has 0 aliphatic carbocycles. The number of rotatable bonds is 1. The second-order valence-corrected chi connectivity index (χ2v) is 8.11. The van der Waals surface area contributed by atoms with Gasteiger partial charge in [0, 0.05) is 17.6 Å². The van der Waals surface area contributed by atoms with Gasteiger partial charge in [0.25, 0.3) is 5.91 Å². The number of nitrogens with zero attached hydrogens (tertiary/aromatic N) is 1. The molecule has 2 atom stereocenters. The summed E-state index contributed by atoms with van der Waals surface area (Å²) < 4.78 is 1.95. The van der Waals surface area contributed by atoms with Gasteiger partial charge in [0.15, 0.2) is 0 Å². The molecule has 1 aromatic heterocycles. The first-order valence-electron chi connectivity index (χ1n) is 5.71. The van der Waals surface area contributed by atoms with Crippen molar-refractivity contribution in [2.24, 2.45) is 11.8 Å². The first-order valence-corrected chi connectivity index (χ1v) is 8.11. The average Bonchev–Trinajstić information content (AvgIpc) is 2.57. The summed E-state index contributed by atoms with van der Waals surface area (Å²) in [5, 5.41) is 0. The van der Waals surface area contributed by atoms with E-state index in [1.54, 1.807) is 0 Å². The molecule has 1 saturated heterocycles. The van der Waals surface area contributed by atoms with Crippen LogP contribution in [0.4, 0.5) is 0 Å². The summed E-state index contributed by atoms with van der Waals surface area (Å²) in [4.78, 5) is 15.2. The second-order valence-electron chi connectivity index (χ2n) is 4.89. The first-order chi connectivity index (χ1) is 7.97. The molecule has 0 aromatic carbocycles. The van der Waals surface area contributed by atoms with Gasteiger partial charge in [0.05, 0.1) is 8.66 Å². The van der Waals surface area contributed by atoms with Gasteiger partial charge in [-0.15, -0.1) is 11.3 Å². The quantitative estimate of drug-likeness (QED) is 0.707. The lowest BCUT2D eigenvalue weighted by Gasteiger charge is -2.34. The van der Waals surface area contributed by atoms with E-state index in [2.05, 4.69) is 45.7 Å². The molecule has 0 radical (unpaired) electrons. The third-order valence-corrected chi connectivity index (χ3v) is 6.26. The van der Waals surface area contributed by atoms with Crippen LogP contribution in [0.2, 0.25) is 0 Å². The molecule has 1 aliphatic rings. The van der Waals surface area contributed by atoms with Crippen molar-refractivity contribution in [3.63, 3.8) is 0 Å². The highest BCUT2D eigenvalue weighted by atomic mass is 79.9. The fourth-order valence-corrected chi connectivity index (χ4v) is 4.44. The van der Waals surface area contributed by atoms with Gasteiger partial charge in [-0.3, -0.25) is 4.79 Å². The van der Waals surface area contributed by atoms with Gasteiger partial charge in [-0.05, 0) is 56.2 Å². The number of carbonyl (C=O) groups excluding carboxylic acids is 1. The Hall–Kier alpha value is 0.130. The monoisotopic (exact) mass is 379 g/mol. The van der Waals surface area contributed by atoms with Gasteiger partial charge in [0.2, 0.25) is 0 Å². The SMILES string of the molecule is CC1CC(C)CN(C(=O)c2cc(Br)c(Br)s2)C1. The van der Waals surface area contributed by atoms with Crippen LogP contribution in [0.1, 0.15) is 29.9 Å². The molecular weight excluding hydrogens is 366 g/mol. The Bertz CT molecular complexity index is 403. The highest BCUT2D eigenvalue weighted by molar-refractivity contribution is 9.13. The Morgan fingerprint density at radius 1 is 1.35 bits per heavy atom. The highest BCUT2D eigenvalue weighted by Crippen LogP contribution is 2.33. The van der Waals surface area contributed by atoms with Crippen LogP contribution in [-0.2, 0) is 0 Å². The maximum Gasteiger partial charge on any atom is 0.264 e. The van der Waals surface area contributed by atoms with Crippen molar-refractivity contribution in [2.75, 3.05) is 13.1 Å². The van der Waals surface area contributed by atoms with E-state index in [1.807, 2.05) is 11.0 Å². The molecule has 1 aromatic rings. The molecule has 17 heavy (non-hydrogen) atoms. The zero-order chi connectivity index (χ0) is 12.6. The van der Waals surface area contributed by atoms with Gasteiger partial charge in [0.1, 0.15) is 0 Å². The van der Waals surface area contributed by atoms with Crippen LogP contribution in [0.25, 0.3) is 0 Å². The number of carbonyl (C=O) groups is 1. The molecule has 1 amide bonds. The fraction of sp³-hybridized carbons (Fsp3) is 0.583. The summed E-state index contributed by atoms with van der Waals surface area (Å²) in [7, 11) is 0. The molecule has 0 N–H and O–H groups in total. The molecule has 5 heteroatoms. The molecule has 2 rings (SSSR count). The normalized spacial score (nSPS) is 25.1. The molecular formula is C12H15Br2NOS. The smallest absolute Gasteiger partial charge is 0.264 e. The lowest BCUT2D eigenvalue weighted by molar-refractivity contribution is 0.0628. The standard InChI is InChI=1S/C12H15Br2NOS/c1-7-3-8(2)6-15(5-7)12(16)10-4-9(13)11(14)17-10/h4,7-8H,3,5-6H2,1-2H3. The van der Waals surface area contributed by atoms with Crippen molar-refractivity contribution in [3.8, 4) is 0 Å². The van der Waals surface area contributed by atoms with E-state index in [9.17, 15) is 4.79 Å². The van der Waals surface area contributed by atoms with E-state index in [-0.39, 0.29) is 5.91 Å². The Labute approximate surface area is 123 Å². The van der Waals surface area contributed by atoms with Gasteiger partial charge in [-0.25, -0.2) is 0 Å². The van der Waals surface area contributed by atoms with Crippen molar-refractivity contribution in [1.82, 2.24) is 4.90 Å². The molecule has 0 bridgehead atoms. The lowest BCUT2D eigenvalue weighted by Crippen LogP contribution is -2.42. The molecule has 2 unspecified atom stereocenters. The Morgan fingerprint density at radius 2 is 1.94 bits per heavy atom. The van der Waals surface area contributed by atoms with E-state index >= 15 is 0 Å². The summed E-state index contributed by atoms with van der Waals surface area (Å²) in [5.74, 6) is 1.38. The van der Waals surface area contributed by atoms with Crippen molar-refractivity contribution in [1.29, 1.82) is 0 Å². The number of halogens is 2. The van der Waals surface area contributed by atoms with Crippen molar-refractivity contribution < 1.29 is 4.79 Å². The zero-order valence-electron chi connectivity index (χ0n) is 9.87. The van der Waals surface area contributed by atoms with Gasteiger partial charge in [-0.1, -0.05) is 13.8 Å². The van der Waals surface area contributed by atoms with Crippen molar-refractivity contribution in [2.45, 2.75) is 20.3 Å². The molecule has 0 spiro atoms. The Morgan fingerprint density at radius 3 is 2.41 bits per heavy atom. The minimum absolute atomic E-state index is 0.166. The highest BCUT2D eigenvalue weighted by Gasteiger charge is 2.27. The van der Waals surface area contributed by atoms with E-state index in [4.69, 9.17) is 0 Å². The van der Waals surface area contributed by atoms with Crippen molar-refractivity contribution in [3.05, 3.63) is 19.2 Å². The third kappa shape index (κ3) is 3.12. The molecule has 1 aliphatic heterocycles. The maximum atomic E-state index is 12.4. The number of hydrogen-bond acceptors (Lipinski definition) is 2. The summed E-state index contributed by atoms with van der Waals surface area (Å²) in [6, 6.07) is 1.90. The van der Waals surface area contributed by atoms with E-state index in [0.29, 0.717) is 11.8 Å². The molecule has 0 saturated carbocycles. The molecule has 1 fully saturated rings. The van der Waals surface area contributed by atoms with Crippen LogP contribution in [0.15, 0.2) is 14.3 Å². The fourth-order valence-electron chi connectivity index (χ4n) is 2.44. The minimum atomic E-state index is 0.166. The summed E-state index contributed by atoms with van der Waals surface area (Å²) in [6.07, 6.45) is 1.22. The number of piperidine rings is 1. The van der Waals surface area contributed by atoms with Crippen LogP contribution in [0.5, 0.6) is 0 Å². The van der Waals surface area contributed by atoms with E-state index in [1.165, 1.54) is 17.8 Å². The number of amides is 1. The third-order valence-electron chi connectivity index (χ3n) is 3.01. The summed E-state index contributed by atoms with van der Waals surface area (Å²) in [6.45, 7) is 6.21. The molecule has 2 nitrogen and oxygen atoms in total. The van der Waals surface area contributed by atoms with E-state index in [0.717, 1.165) is 26.2 Å². The zero-order valence-corrected chi connectivity index (χ0v) is 13.9. The number of hydrogen-bond donors (Lipinski definition) is 0.